The number of rotatable bonds is 3. The fraction of sp³-hybridized carbons (Fsp3) is 0.483. The molecule has 3 aliphatic rings. The van der Waals surface area contributed by atoms with Gasteiger partial charge in [0.05, 0.1) is 18.2 Å². The normalized spacial score (nSPS) is 19.7. The molecular weight excluding hydrogens is 452 g/mol. The second-order valence-electron chi connectivity index (χ2n) is 10.3. The number of carbonyl (C=O) groups is 2. The number of hydrogen-bond donors (Lipinski definition) is 0. The van der Waals surface area contributed by atoms with Gasteiger partial charge in [0.15, 0.2) is 0 Å². The van der Waals surface area contributed by atoms with Crippen LogP contribution >= 0.6 is 0 Å². The van der Waals surface area contributed by atoms with Gasteiger partial charge in [-0.1, -0.05) is 18.2 Å². The Balaban J connectivity index is 1.32. The van der Waals surface area contributed by atoms with Crippen LogP contribution in [0, 0.1) is 11.3 Å². The van der Waals surface area contributed by atoms with Crippen molar-refractivity contribution in [2.24, 2.45) is 0 Å². The van der Waals surface area contributed by atoms with Crippen LogP contribution in [-0.2, 0) is 14.9 Å². The summed E-state index contributed by atoms with van der Waals surface area (Å²) in [5.41, 5.74) is 5.13. The fourth-order valence-corrected chi connectivity index (χ4v) is 6.24. The quantitative estimate of drug-likeness (QED) is 0.636. The zero-order valence-electron chi connectivity index (χ0n) is 21.2. The number of fused-ring (bicyclic) bond motifs is 2. The topological polar surface area (TPSA) is 76.9 Å². The van der Waals surface area contributed by atoms with Gasteiger partial charge in [0.25, 0.3) is 0 Å². The van der Waals surface area contributed by atoms with E-state index in [-0.39, 0.29) is 17.4 Å². The number of carbonyl (C=O) groups excluding carboxylic acids is 2. The molecule has 0 atom stereocenters. The molecule has 0 aliphatic carbocycles. The van der Waals surface area contributed by atoms with Crippen LogP contribution in [0.4, 0.5) is 10.5 Å². The lowest BCUT2D eigenvalue weighted by Crippen LogP contribution is -2.52. The first-order chi connectivity index (χ1) is 17.4. The molecule has 3 aliphatic heterocycles. The molecule has 3 heterocycles. The summed E-state index contributed by atoms with van der Waals surface area (Å²) >= 11 is 0. The van der Waals surface area contributed by atoms with E-state index in [4.69, 9.17) is 10.00 Å². The highest BCUT2D eigenvalue weighted by atomic mass is 16.6. The van der Waals surface area contributed by atoms with E-state index in [1.165, 1.54) is 5.56 Å². The number of nitriles is 1. The monoisotopic (exact) mass is 486 g/mol. The number of anilines is 1. The predicted octanol–water partition coefficient (Wildman–Crippen LogP) is 4.55. The SMILES string of the molecule is CCOC(=O)N1CCC(N2CCC3(CC2)CN(C(C)=O)c2ccc(-c4ccc(C#N)cc4)cc23)CC1. The minimum absolute atomic E-state index is 0.0360. The molecule has 2 saturated heterocycles. The lowest BCUT2D eigenvalue weighted by atomic mass is 9.73. The van der Waals surface area contributed by atoms with Gasteiger partial charge in [-0.25, -0.2) is 4.79 Å². The third kappa shape index (κ3) is 4.46. The van der Waals surface area contributed by atoms with E-state index >= 15 is 0 Å². The molecule has 0 unspecified atom stereocenters. The molecule has 0 N–H and O–H groups in total. The summed E-state index contributed by atoms with van der Waals surface area (Å²) in [4.78, 5) is 31.0. The van der Waals surface area contributed by atoms with Crippen molar-refractivity contribution in [3.63, 3.8) is 0 Å². The van der Waals surface area contributed by atoms with Crippen molar-refractivity contribution in [3.8, 4) is 17.2 Å². The highest BCUT2D eigenvalue weighted by Crippen LogP contribution is 2.48. The van der Waals surface area contributed by atoms with Gasteiger partial charge >= 0.3 is 6.09 Å². The lowest BCUT2D eigenvalue weighted by Gasteiger charge is -2.45. The number of ether oxygens (including phenoxy) is 1. The van der Waals surface area contributed by atoms with Crippen LogP contribution in [-0.4, -0.2) is 67.2 Å². The van der Waals surface area contributed by atoms with E-state index in [0.29, 0.717) is 18.2 Å². The standard InChI is InChI=1S/C29H34N4O3/c1-3-36-28(35)32-14-10-25(11-15-32)31-16-12-29(13-17-31)20-33(21(2)34)27-9-8-24(18-26(27)29)23-6-4-22(19-30)5-7-23/h4-9,18,25H,3,10-17,20H2,1-2H3. The maximum atomic E-state index is 12.5. The summed E-state index contributed by atoms with van der Waals surface area (Å²) in [5, 5.41) is 9.13. The summed E-state index contributed by atoms with van der Waals surface area (Å²) in [6, 6.07) is 16.8. The summed E-state index contributed by atoms with van der Waals surface area (Å²) in [7, 11) is 0. The number of nitrogens with zero attached hydrogens (tertiary/aromatic N) is 4. The van der Waals surface area contributed by atoms with Crippen molar-refractivity contribution in [1.82, 2.24) is 9.80 Å². The number of hydrogen-bond acceptors (Lipinski definition) is 5. The van der Waals surface area contributed by atoms with Crippen LogP contribution in [0.3, 0.4) is 0 Å². The zero-order chi connectivity index (χ0) is 25.3. The minimum atomic E-state index is -0.196. The summed E-state index contributed by atoms with van der Waals surface area (Å²) in [6.07, 6.45) is 3.78. The van der Waals surface area contributed by atoms with Crippen molar-refractivity contribution < 1.29 is 14.3 Å². The van der Waals surface area contributed by atoms with Gasteiger partial charge in [0.2, 0.25) is 5.91 Å². The molecule has 2 amide bonds. The second-order valence-corrected chi connectivity index (χ2v) is 10.3. The molecule has 2 aromatic rings. The summed E-state index contributed by atoms with van der Waals surface area (Å²) < 4.78 is 5.17. The Morgan fingerprint density at radius 3 is 2.31 bits per heavy atom. The van der Waals surface area contributed by atoms with Crippen molar-refractivity contribution in [2.75, 3.05) is 44.2 Å². The average molecular weight is 487 g/mol. The molecule has 36 heavy (non-hydrogen) atoms. The Kier molecular flexibility index (Phi) is 6.72. The summed E-state index contributed by atoms with van der Waals surface area (Å²) in [5.74, 6) is 0.0908. The fourth-order valence-electron chi connectivity index (χ4n) is 6.24. The molecule has 0 radical (unpaired) electrons. The van der Waals surface area contributed by atoms with Crippen molar-refractivity contribution in [3.05, 3.63) is 53.6 Å². The van der Waals surface area contributed by atoms with Crippen molar-refractivity contribution >= 4 is 17.7 Å². The number of piperidine rings is 2. The Morgan fingerprint density at radius 2 is 1.69 bits per heavy atom. The molecule has 188 valence electrons. The molecule has 2 fully saturated rings. The van der Waals surface area contributed by atoms with E-state index in [2.05, 4.69) is 29.2 Å². The van der Waals surface area contributed by atoms with E-state index in [1.54, 1.807) is 6.92 Å². The maximum Gasteiger partial charge on any atom is 0.409 e. The van der Waals surface area contributed by atoms with Gasteiger partial charge in [0, 0.05) is 43.7 Å². The van der Waals surface area contributed by atoms with Gasteiger partial charge in [0.1, 0.15) is 0 Å². The summed E-state index contributed by atoms with van der Waals surface area (Å²) in [6.45, 7) is 8.15. The van der Waals surface area contributed by atoms with Gasteiger partial charge in [-0.15, -0.1) is 0 Å². The predicted molar refractivity (Wildman–Crippen MR) is 139 cm³/mol. The zero-order valence-corrected chi connectivity index (χ0v) is 21.2. The average Bonchev–Trinajstić information content (AvgIpc) is 3.23. The van der Waals surface area contributed by atoms with E-state index in [1.807, 2.05) is 41.0 Å². The van der Waals surface area contributed by atoms with Crippen molar-refractivity contribution in [1.29, 1.82) is 5.26 Å². The van der Waals surface area contributed by atoms with E-state index in [9.17, 15) is 9.59 Å². The number of amides is 2. The highest BCUT2D eigenvalue weighted by molar-refractivity contribution is 5.95. The molecule has 2 aromatic carbocycles. The van der Waals surface area contributed by atoms with Crippen LogP contribution in [0.5, 0.6) is 0 Å². The Labute approximate surface area is 213 Å². The van der Waals surface area contributed by atoms with E-state index < -0.39 is 0 Å². The largest absolute Gasteiger partial charge is 0.450 e. The Hall–Kier alpha value is -3.37. The smallest absolute Gasteiger partial charge is 0.409 e. The Bertz CT molecular complexity index is 1170. The number of likely N-dealkylation sites (tertiary alicyclic amines) is 2. The minimum Gasteiger partial charge on any atom is -0.450 e. The van der Waals surface area contributed by atoms with Gasteiger partial charge in [-0.05, 0) is 86.7 Å². The lowest BCUT2D eigenvalue weighted by molar-refractivity contribution is -0.116. The second kappa shape index (κ2) is 9.94. The molecule has 0 aromatic heterocycles. The van der Waals surface area contributed by atoms with Crippen LogP contribution in [0.2, 0.25) is 0 Å². The maximum absolute atomic E-state index is 12.5. The third-order valence-corrected chi connectivity index (χ3v) is 8.31. The molecular formula is C29H34N4O3. The first-order valence-corrected chi connectivity index (χ1v) is 13.0. The first-order valence-electron chi connectivity index (χ1n) is 13.0. The molecule has 7 heteroatoms. The molecule has 5 rings (SSSR count). The third-order valence-electron chi connectivity index (χ3n) is 8.31. The van der Waals surface area contributed by atoms with Gasteiger partial charge in [-0.3, -0.25) is 4.79 Å². The Morgan fingerprint density at radius 1 is 1.03 bits per heavy atom. The molecule has 1 spiro atoms. The van der Waals surface area contributed by atoms with Crippen molar-refractivity contribution in [2.45, 2.75) is 51.0 Å². The van der Waals surface area contributed by atoms with Crippen LogP contribution in [0.15, 0.2) is 42.5 Å². The van der Waals surface area contributed by atoms with Gasteiger partial charge in [-0.2, -0.15) is 5.26 Å². The molecule has 7 nitrogen and oxygen atoms in total. The van der Waals surface area contributed by atoms with Crippen LogP contribution < -0.4 is 4.90 Å². The van der Waals surface area contributed by atoms with Crippen LogP contribution in [0.25, 0.3) is 11.1 Å². The first kappa shape index (κ1) is 24.3. The van der Waals surface area contributed by atoms with Crippen LogP contribution in [0.1, 0.15) is 50.7 Å². The highest BCUT2D eigenvalue weighted by Gasteiger charge is 2.46. The number of benzene rings is 2. The van der Waals surface area contributed by atoms with E-state index in [0.717, 1.165) is 75.2 Å². The molecule has 0 saturated carbocycles. The molecule has 0 bridgehead atoms. The van der Waals surface area contributed by atoms with Gasteiger partial charge < -0.3 is 19.4 Å².